The predicted molar refractivity (Wildman–Crippen MR) is 61.6 cm³/mol. The summed E-state index contributed by atoms with van der Waals surface area (Å²) >= 11 is 0. The molecule has 5 nitrogen and oxygen atoms in total. The summed E-state index contributed by atoms with van der Waals surface area (Å²) in [4.78, 5) is 28.0. The number of aldehydes is 1. The highest BCUT2D eigenvalue weighted by atomic mass is 16.2. The van der Waals surface area contributed by atoms with Gasteiger partial charge in [0, 0.05) is 19.8 Å². The number of nitrogens with zero attached hydrogens (tertiary/aromatic N) is 2. The lowest BCUT2D eigenvalue weighted by Gasteiger charge is -2.21. The third-order valence-corrected chi connectivity index (χ3v) is 2.24. The fraction of sp³-hybridized carbons (Fsp3) is 0.364. The Morgan fingerprint density at radius 1 is 1.62 bits per heavy atom. The van der Waals surface area contributed by atoms with E-state index >= 15 is 0 Å². The predicted octanol–water partition coefficient (Wildman–Crippen LogP) is 0.466. The maximum atomic E-state index is 11.3. The molecule has 5 heteroatoms. The maximum Gasteiger partial charge on any atom is 0.239 e. The Morgan fingerprint density at radius 3 is 2.94 bits per heavy atom. The van der Waals surface area contributed by atoms with Gasteiger partial charge in [0.25, 0.3) is 0 Å². The van der Waals surface area contributed by atoms with Crippen molar-refractivity contribution in [3.63, 3.8) is 0 Å². The number of anilines is 1. The quantitative estimate of drug-likeness (QED) is 0.734. The molecule has 0 saturated heterocycles. The van der Waals surface area contributed by atoms with Gasteiger partial charge in [-0.25, -0.2) is 4.98 Å². The minimum Gasteiger partial charge on any atom is -0.358 e. The Bertz CT molecular complexity index is 379. The number of hydrogen-bond donors (Lipinski definition) is 1. The maximum absolute atomic E-state index is 11.3. The lowest BCUT2D eigenvalue weighted by atomic mass is 10.2. The third kappa shape index (κ3) is 2.79. The summed E-state index contributed by atoms with van der Waals surface area (Å²) in [6.45, 7) is 2.72. The molecule has 0 bridgehead atoms. The Balaban J connectivity index is 2.94. The second-order valence-electron chi connectivity index (χ2n) is 3.22. The van der Waals surface area contributed by atoms with Gasteiger partial charge in [-0.15, -0.1) is 0 Å². The SMILES string of the molecule is CCN(CC(=O)NC)c1ncccc1C=O. The number of carbonyl (C=O) groups excluding carboxylic acids is 2. The number of aromatic nitrogens is 1. The van der Waals surface area contributed by atoms with Crippen LogP contribution in [0.3, 0.4) is 0 Å². The van der Waals surface area contributed by atoms with Gasteiger partial charge < -0.3 is 10.2 Å². The van der Waals surface area contributed by atoms with E-state index in [9.17, 15) is 9.59 Å². The lowest BCUT2D eigenvalue weighted by Crippen LogP contribution is -2.36. The molecule has 1 aromatic rings. The van der Waals surface area contributed by atoms with Crippen molar-refractivity contribution in [3.05, 3.63) is 23.9 Å². The van der Waals surface area contributed by atoms with E-state index in [0.717, 1.165) is 6.29 Å². The van der Waals surface area contributed by atoms with E-state index in [1.807, 2.05) is 6.92 Å². The molecule has 16 heavy (non-hydrogen) atoms. The van der Waals surface area contributed by atoms with Crippen molar-refractivity contribution in [2.45, 2.75) is 6.92 Å². The van der Waals surface area contributed by atoms with Crippen LogP contribution in [0.1, 0.15) is 17.3 Å². The molecule has 1 amide bonds. The second kappa shape index (κ2) is 5.85. The van der Waals surface area contributed by atoms with Gasteiger partial charge in [0.15, 0.2) is 6.29 Å². The molecule has 0 aliphatic heterocycles. The first-order valence-corrected chi connectivity index (χ1v) is 5.08. The zero-order valence-electron chi connectivity index (χ0n) is 9.43. The molecule has 0 unspecified atom stereocenters. The van der Waals surface area contributed by atoms with Crippen molar-refractivity contribution in [1.82, 2.24) is 10.3 Å². The van der Waals surface area contributed by atoms with Crippen LogP contribution in [-0.4, -0.2) is 37.3 Å². The van der Waals surface area contributed by atoms with Crippen molar-refractivity contribution in [3.8, 4) is 0 Å². The van der Waals surface area contributed by atoms with Gasteiger partial charge in [-0.05, 0) is 19.1 Å². The Kier molecular flexibility index (Phi) is 4.44. The highest BCUT2D eigenvalue weighted by molar-refractivity contribution is 5.86. The van der Waals surface area contributed by atoms with Crippen LogP contribution in [0.5, 0.6) is 0 Å². The van der Waals surface area contributed by atoms with Crippen LogP contribution >= 0.6 is 0 Å². The van der Waals surface area contributed by atoms with Crippen molar-refractivity contribution < 1.29 is 9.59 Å². The van der Waals surface area contributed by atoms with Crippen molar-refractivity contribution in [2.75, 3.05) is 25.0 Å². The molecule has 1 N–H and O–H groups in total. The molecule has 0 fully saturated rings. The van der Waals surface area contributed by atoms with E-state index in [2.05, 4.69) is 10.3 Å². The second-order valence-corrected chi connectivity index (χ2v) is 3.22. The third-order valence-electron chi connectivity index (χ3n) is 2.24. The first kappa shape index (κ1) is 12.2. The summed E-state index contributed by atoms with van der Waals surface area (Å²) < 4.78 is 0. The summed E-state index contributed by atoms with van der Waals surface area (Å²) in [5.41, 5.74) is 0.494. The van der Waals surface area contributed by atoms with Gasteiger partial charge in [0.05, 0.1) is 12.1 Å². The van der Waals surface area contributed by atoms with E-state index in [4.69, 9.17) is 0 Å². The fourth-order valence-corrected chi connectivity index (χ4v) is 1.35. The average molecular weight is 221 g/mol. The minimum atomic E-state index is -0.107. The van der Waals surface area contributed by atoms with E-state index in [-0.39, 0.29) is 12.5 Å². The molecule has 0 saturated carbocycles. The summed E-state index contributed by atoms with van der Waals surface area (Å²) in [6.07, 6.45) is 2.35. The molecule has 1 heterocycles. The first-order chi connectivity index (χ1) is 7.72. The number of amides is 1. The van der Waals surface area contributed by atoms with Gasteiger partial charge in [0.1, 0.15) is 5.82 Å². The smallest absolute Gasteiger partial charge is 0.239 e. The Hall–Kier alpha value is -1.91. The number of hydrogen-bond acceptors (Lipinski definition) is 4. The highest BCUT2D eigenvalue weighted by Crippen LogP contribution is 2.14. The number of likely N-dealkylation sites (N-methyl/N-ethyl adjacent to an activating group) is 2. The van der Waals surface area contributed by atoms with Crippen molar-refractivity contribution in [2.24, 2.45) is 0 Å². The fourth-order valence-electron chi connectivity index (χ4n) is 1.35. The molecule has 0 spiro atoms. The Morgan fingerprint density at radius 2 is 2.38 bits per heavy atom. The molecule has 1 aromatic heterocycles. The van der Waals surface area contributed by atoms with Crippen LogP contribution in [0.2, 0.25) is 0 Å². The van der Waals surface area contributed by atoms with Crippen molar-refractivity contribution in [1.29, 1.82) is 0 Å². The zero-order valence-corrected chi connectivity index (χ0v) is 9.43. The van der Waals surface area contributed by atoms with Crippen LogP contribution < -0.4 is 10.2 Å². The summed E-state index contributed by atoms with van der Waals surface area (Å²) in [5.74, 6) is 0.438. The molecule has 1 rings (SSSR count). The largest absolute Gasteiger partial charge is 0.358 e. The summed E-state index contributed by atoms with van der Waals surface area (Å²) in [6, 6.07) is 3.38. The molecular formula is C11H15N3O2. The van der Waals surface area contributed by atoms with E-state index in [1.165, 1.54) is 0 Å². The molecule has 86 valence electrons. The van der Waals surface area contributed by atoms with E-state index in [1.54, 1.807) is 30.3 Å². The average Bonchev–Trinajstić information content (AvgIpc) is 2.35. The molecule has 0 aliphatic carbocycles. The van der Waals surface area contributed by atoms with E-state index in [0.29, 0.717) is 17.9 Å². The monoisotopic (exact) mass is 221 g/mol. The molecule has 0 aromatic carbocycles. The van der Waals surface area contributed by atoms with Gasteiger partial charge in [0.2, 0.25) is 5.91 Å². The van der Waals surface area contributed by atoms with Crippen LogP contribution in [-0.2, 0) is 4.79 Å². The van der Waals surface area contributed by atoms with Gasteiger partial charge >= 0.3 is 0 Å². The summed E-state index contributed by atoms with van der Waals surface area (Å²) in [5, 5.41) is 2.54. The number of carbonyl (C=O) groups is 2. The molecule has 0 radical (unpaired) electrons. The van der Waals surface area contributed by atoms with Crippen LogP contribution in [0, 0.1) is 0 Å². The number of rotatable bonds is 5. The number of pyridine rings is 1. The molecule has 0 atom stereocenters. The minimum absolute atomic E-state index is 0.107. The van der Waals surface area contributed by atoms with Crippen LogP contribution in [0.25, 0.3) is 0 Å². The number of nitrogens with one attached hydrogen (secondary N) is 1. The van der Waals surface area contributed by atoms with Crippen molar-refractivity contribution >= 4 is 18.0 Å². The van der Waals surface area contributed by atoms with Crippen LogP contribution in [0.15, 0.2) is 18.3 Å². The Labute approximate surface area is 94.5 Å². The highest BCUT2D eigenvalue weighted by Gasteiger charge is 2.13. The lowest BCUT2D eigenvalue weighted by molar-refractivity contribution is -0.119. The topological polar surface area (TPSA) is 62.3 Å². The van der Waals surface area contributed by atoms with Gasteiger partial charge in [-0.3, -0.25) is 9.59 Å². The summed E-state index contributed by atoms with van der Waals surface area (Å²) in [7, 11) is 1.58. The van der Waals surface area contributed by atoms with Gasteiger partial charge in [-0.2, -0.15) is 0 Å². The standard InChI is InChI=1S/C11H15N3O2/c1-3-14(7-10(16)12-2)11-9(8-15)5-4-6-13-11/h4-6,8H,3,7H2,1-2H3,(H,12,16). The molecular weight excluding hydrogens is 206 g/mol. The van der Waals surface area contributed by atoms with E-state index < -0.39 is 0 Å². The zero-order chi connectivity index (χ0) is 12.0. The normalized spacial score (nSPS) is 9.62. The van der Waals surface area contributed by atoms with Crippen LogP contribution in [0.4, 0.5) is 5.82 Å². The first-order valence-electron chi connectivity index (χ1n) is 5.08. The molecule has 0 aliphatic rings. The van der Waals surface area contributed by atoms with Gasteiger partial charge in [-0.1, -0.05) is 0 Å².